The highest BCUT2D eigenvalue weighted by Gasteiger charge is 2.42. The minimum absolute atomic E-state index is 0.0274. The highest BCUT2D eigenvalue weighted by molar-refractivity contribution is 6.47. The second-order valence-electron chi connectivity index (χ2n) is 11.6. The van der Waals surface area contributed by atoms with Gasteiger partial charge >= 0.3 is 31.2 Å². The molecule has 0 radical (unpaired) electrons. The number of phenolic OH excluding ortho intramolecular Hbond substituents is 3. The van der Waals surface area contributed by atoms with Crippen LogP contribution in [0.2, 0.25) is 5.02 Å². The van der Waals surface area contributed by atoms with E-state index in [1.54, 1.807) is 0 Å². The molecule has 7 amide bonds. The number of urea groups is 3. The van der Waals surface area contributed by atoms with Crippen molar-refractivity contribution in [2.75, 3.05) is 31.5 Å². The van der Waals surface area contributed by atoms with Crippen LogP contribution < -0.4 is 25.9 Å². The number of rotatable bonds is 10. The predicted octanol–water partition coefficient (Wildman–Crippen LogP) is 2.27. The van der Waals surface area contributed by atoms with Crippen LogP contribution in [0.3, 0.4) is 0 Å². The molecule has 2 atom stereocenters. The van der Waals surface area contributed by atoms with Gasteiger partial charge in [0.25, 0.3) is 0 Å². The van der Waals surface area contributed by atoms with E-state index in [-0.39, 0.29) is 50.3 Å². The summed E-state index contributed by atoms with van der Waals surface area (Å²) in [7, 11) is -1.93. The summed E-state index contributed by atoms with van der Waals surface area (Å²) in [5, 5.41) is 58.4. The first-order valence-electron chi connectivity index (χ1n) is 15.5. The normalized spacial score (nSPS) is 15.7. The van der Waals surface area contributed by atoms with Gasteiger partial charge in [0.15, 0.2) is 17.3 Å². The molecule has 9 N–H and O–H groups in total. The maximum absolute atomic E-state index is 14.6. The average molecular weight is 747 g/mol. The number of carboxylic acid groups (broad SMARTS) is 1. The van der Waals surface area contributed by atoms with Crippen LogP contribution in [0.4, 0.5) is 28.9 Å². The number of nitrogens with one attached hydrogen (secondary N) is 4. The first kappa shape index (κ1) is 37.2. The minimum Gasteiger partial charge on any atom is -0.534 e. The van der Waals surface area contributed by atoms with Gasteiger partial charge in [-0.25, -0.2) is 32.9 Å². The monoisotopic (exact) mass is 746 g/mol. The first-order chi connectivity index (χ1) is 24.7. The van der Waals surface area contributed by atoms with Gasteiger partial charge in [-0.05, 0) is 54.8 Å². The summed E-state index contributed by atoms with van der Waals surface area (Å²) >= 11 is 6.14. The Bertz CT molecular complexity index is 1920. The van der Waals surface area contributed by atoms with Crippen LogP contribution in [0.1, 0.15) is 33.9 Å². The third kappa shape index (κ3) is 7.97. The predicted molar refractivity (Wildman–Crippen MR) is 177 cm³/mol. The molecule has 1 fully saturated rings. The number of hydrogen-bond donors (Lipinski definition) is 9. The summed E-state index contributed by atoms with van der Waals surface area (Å²) in [6.07, 6.45) is -0.00824. The van der Waals surface area contributed by atoms with Gasteiger partial charge in [0.05, 0.1) is 11.0 Å². The highest BCUT2D eigenvalue weighted by Crippen LogP contribution is 2.40. The molecule has 2 heterocycles. The van der Waals surface area contributed by atoms with Crippen LogP contribution in [0, 0.1) is 11.6 Å². The topological polar surface area (TPSA) is 250 Å². The van der Waals surface area contributed by atoms with E-state index >= 15 is 0 Å². The smallest absolute Gasteiger partial charge is 0.534 e. The lowest BCUT2D eigenvalue weighted by molar-refractivity contribution is -0.123. The summed E-state index contributed by atoms with van der Waals surface area (Å²) in [4.78, 5) is 65.9. The molecule has 0 bridgehead atoms. The fraction of sp³-hybridized carbons (Fsp3) is 0.258. The van der Waals surface area contributed by atoms with Crippen LogP contribution in [0.5, 0.6) is 23.0 Å². The van der Waals surface area contributed by atoms with Gasteiger partial charge in [0, 0.05) is 37.4 Å². The molecule has 0 unspecified atom stereocenters. The molecule has 2 aliphatic heterocycles. The molecule has 0 aromatic heterocycles. The van der Waals surface area contributed by atoms with Crippen LogP contribution in [0.25, 0.3) is 0 Å². The van der Waals surface area contributed by atoms with Crippen molar-refractivity contribution in [1.29, 1.82) is 0 Å². The van der Waals surface area contributed by atoms with Crippen LogP contribution in [-0.2, 0) is 11.2 Å². The molecule has 5 rings (SSSR count). The minimum atomic E-state index is -1.96. The number of phenols is 3. The van der Waals surface area contributed by atoms with E-state index in [9.17, 15) is 58.2 Å². The van der Waals surface area contributed by atoms with Gasteiger partial charge in [-0.15, -0.1) is 0 Å². The van der Waals surface area contributed by atoms with Crippen molar-refractivity contribution in [2.45, 2.75) is 24.8 Å². The van der Waals surface area contributed by atoms with Gasteiger partial charge < -0.3 is 56.3 Å². The number of carbonyl (C=O) groups is 5. The van der Waals surface area contributed by atoms with E-state index in [1.807, 2.05) is 0 Å². The number of fused-ring (bicyclic) bond motifs is 1. The molecular weight excluding hydrogens is 717 g/mol. The number of aromatic carboxylic acids is 1. The molecule has 21 heteroatoms. The Hall–Kier alpha value is -6.02. The van der Waals surface area contributed by atoms with E-state index in [0.717, 1.165) is 11.0 Å². The second kappa shape index (κ2) is 15.5. The highest BCUT2D eigenvalue weighted by atomic mass is 35.5. The quantitative estimate of drug-likeness (QED) is 0.0630. The molecule has 3 aromatic carbocycles. The van der Waals surface area contributed by atoms with Gasteiger partial charge in [-0.1, -0.05) is 17.7 Å². The molecular formula is C31H30BClF2N6O11. The standard InChI is InChI=1S/C31H30BClF2N6O11/c33-22-17(13-19(35)24(43)25(22)44)23(27(45)38-20-12-14-2-7-18(34)21(28(46)47)26(14)52-32(20)51)39-30(49)41-11-10-40(31(41)50)9-1-8-36-29(48)37-15-3-5-16(42)6-4-15/h2-7,13,20,23,42-44,51H,1,8-12H2,(H,38,45)(H,39,49)(H,46,47)(H2,36,37,48)/t20-,23+/m0/s1. The van der Waals surface area contributed by atoms with Gasteiger partial charge in [0.1, 0.15) is 28.9 Å². The van der Waals surface area contributed by atoms with Crippen molar-refractivity contribution in [1.82, 2.24) is 25.8 Å². The fourth-order valence-corrected chi connectivity index (χ4v) is 5.77. The Labute approximate surface area is 297 Å². The van der Waals surface area contributed by atoms with Crippen molar-refractivity contribution >= 4 is 54.4 Å². The van der Waals surface area contributed by atoms with Crippen molar-refractivity contribution in [3.63, 3.8) is 0 Å². The fourth-order valence-electron chi connectivity index (χ4n) is 5.51. The zero-order chi connectivity index (χ0) is 37.9. The van der Waals surface area contributed by atoms with E-state index in [0.29, 0.717) is 11.8 Å². The Kier molecular flexibility index (Phi) is 11.1. The van der Waals surface area contributed by atoms with Crippen molar-refractivity contribution in [2.24, 2.45) is 0 Å². The Morgan fingerprint density at radius 3 is 2.42 bits per heavy atom. The van der Waals surface area contributed by atoms with Crippen LogP contribution >= 0.6 is 11.6 Å². The number of carboxylic acids is 1. The van der Waals surface area contributed by atoms with Crippen molar-refractivity contribution in [3.8, 4) is 23.0 Å². The van der Waals surface area contributed by atoms with Gasteiger partial charge in [-0.2, -0.15) is 0 Å². The maximum Gasteiger partial charge on any atom is 0.547 e. The number of nitrogens with zero attached hydrogens (tertiary/aromatic N) is 2. The zero-order valence-corrected chi connectivity index (χ0v) is 27.5. The average Bonchev–Trinajstić information content (AvgIpc) is 3.47. The number of benzene rings is 3. The molecule has 0 spiro atoms. The lowest BCUT2D eigenvalue weighted by Gasteiger charge is -2.31. The molecule has 274 valence electrons. The summed E-state index contributed by atoms with van der Waals surface area (Å²) in [5.41, 5.74) is -0.866. The number of carbonyl (C=O) groups excluding carboxylic acids is 4. The van der Waals surface area contributed by atoms with Crippen LogP contribution in [-0.4, -0.2) is 104 Å². The van der Waals surface area contributed by atoms with Crippen molar-refractivity contribution in [3.05, 3.63) is 75.8 Å². The van der Waals surface area contributed by atoms with E-state index in [1.165, 1.54) is 35.2 Å². The van der Waals surface area contributed by atoms with Gasteiger partial charge in [0.2, 0.25) is 5.91 Å². The first-order valence-corrected chi connectivity index (χ1v) is 15.8. The number of hydrogen-bond acceptors (Lipinski definition) is 10. The largest absolute Gasteiger partial charge is 0.547 e. The molecule has 0 saturated carbocycles. The summed E-state index contributed by atoms with van der Waals surface area (Å²) in [6.45, 7) is 0.182. The second-order valence-corrected chi connectivity index (χ2v) is 12.0. The summed E-state index contributed by atoms with van der Waals surface area (Å²) in [6, 6.07) is 3.97. The molecule has 52 heavy (non-hydrogen) atoms. The SMILES string of the molecule is O=C(NCCCN1CCN(C(=O)N[C@@H](C(=O)N[C@H]2Cc3ccc(F)c(C(=O)O)c3OB2O)c2cc(F)c(O)c(O)c2Cl)C1=O)Nc1ccc(O)cc1. The van der Waals surface area contributed by atoms with E-state index in [2.05, 4.69) is 21.3 Å². The number of aromatic hydroxyl groups is 3. The lowest BCUT2D eigenvalue weighted by atomic mass is 9.72. The lowest BCUT2D eigenvalue weighted by Crippen LogP contribution is -2.56. The number of imide groups is 1. The molecule has 3 aromatic rings. The van der Waals surface area contributed by atoms with E-state index < -0.39 is 94.1 Å². The molecule has 2 aliphatic rings. The summed E-state index contributed by atoms with van der Waals surface area (Å²) in [5.74, 6) is -9.57. The zero-order valence-electron chi connectivity index (χ0n) is 26.7. The Balaban J connectivity index is 1.25. The van der Waals surface area contributed by atoms with E-state index in [4.69, 9.17) is 16.3 Å². The van der Waals surface area contributed by atoms with Gasteiger partial charge in [-0.3, -0.25) is 4.79 Å². The Morgan fingerprint density at radius 1 is 1.02 bits per heavy atom. The number of anilines is 1. The third-order valence-corrected chi connectivity index (χ3v) is 8.54. The number of halogens is 3. The molecule has 0 aliphatic carbocycles. The van der Waals surface area contributed by atoms with Crippen molar-refractivity contribution < 1.29 is 62.9 Å². The Morgan fingerprint density at radius 2 is 1.73 bits per heavy atom. The summed E-state index contributed by atoms with van der Waals surface area (Å²) < 4.78 is 34.0. The maximum atomic E-state index is 14.6. The molecule has 1 saturated heterocycles. The van der Waals surface area contributed by atoms with Crippen LogP contribution in [0.15, 0.2) is 42.5 Å². The third-order valence-electron chi connectivity index (χ3n) is 8.14. The number of amides is 7. The molecule has 17 nitrogen and oxygen atoms in total.